The van der Waals surface area contributed by atoms with Crippen LogP contribution in [0.2, 0.25) is 0 Å². The normalized spacial score (nSPS) is 23.2. The summed E-state index contributed by atoms with van der Waals surface area (Å²) >= 11 is 0. The highest BCUT2D eigenvalue weighted by Gasteiger charge is 2.28. The Balaban J connectivity index is 2.04. The fourth-order valence-electron chi connectivity index (χ4n) is 2.98. The van der Waals surface area contributed by atoms with E-state index in [0.717, 1.165) is 32.0 Å². The van der Waals surface area contributed by atoms with Crippen molar-refractivity contribution in [2.45, 2.75) is 39.8 Å². The highest BCUT2D eigenvalue weighted by Crippen LogP contribution is 2.35. The van der Waals surface area contributed by atoms with E-state index in [1.165, 1.54) is 5.56 Å². The van der Waals surface area contributed by atoms with Gasteiger partial charge < -0.3 is 15.0 Å². The minimum absolute atomic E-state index is 0.394. The van der Waals surface area contributed by atoms with E-state index in [2.05, 4.69) is 56.1 Å². The summed E-state index contributed by atoms with van der Waals surface area (Å²) in [6.07, 6.45) is 0. The van der Waals surface area contributed by atoms with Crippen molar-refractivity contribution in [3.8, 4) is 5.75 Å². The molecule has 1 aliphatic rings. The van der Waals surface area contributed by atoms with Gasteiger partial charge in [0.25, 0.3) is 0 Å². The Labute approximate surface area is 123 Å². The average molecular weight is 276 g/mol. The van der Waals surface area contributed by atoms with E-state index in [1.807, 2.05) is 6.07 Å². The molecule has 3 heteroatoms. The quantitative estimate of drug-likeness (QED) is 0.864. The van der Waals surface area contributed by atoms with Crippen LogP contribution in [0.4, 0.5) is 0 Å². The van der Waals surface area contributed by atoms with Crippen LogP contribution in [0.15, 0.2) is 24.3 Å². The molecular weight excluding hydrogens is 248 g/mol. The summed E-state index contributed by atoms with van der Waals surface area (Å²) < 4.78 is 5.82. The minimum atomic E-state index is 0.394. The van der Waals surface area contributed by atoms with Gasteiger partial charge in [-0.25, -0.2) is 0 Å². The van der Waals surface area contributed by atoms with Gasteiger partial charge in [-0.1, -0.05) is 39.0 Å². The molecule has 1 heterocycles. The van der Waals surface area contributed by atoms with E-state index in [0.29, 0.717) is 18.0 Å². The predicted molar refractivity (Wildman–Crippen MR) is 84.2 cm³/mol. The number of hydrogen-bond donors (Lipinski definition) is 1. The molecule has 0 saturated carbocycles. The average Bonchev–Trinajstić information content (AvgIpc) is 2.47. The molecule has 0 fully saturated rings. The van der Waals surface area contributed by atoms with Gasteiger partial charge >= 0.3 is 0 Å². The smallest absolute Gasteiger partial charge is 0.124 e. The maximum atomic E-state index is 5.82. The van der Waals surface area contributed by atoms with Crippen molar-refractivity contribution >= 4 is 0 Å². The Kier molecular flexibility index (Phi) is 5.44. The highest BCUT2D eigenvalue weighted by atomic mass is 16.5. The van der Waals surface area contributed by atoms with Crippen molar-refractivity contribution in [2.24, 2.45) is 5.92 Å². The summed E-state index contributed by atoms with van der Waals surface area (Å²) in [6.45, 7) is 13.1. The third-order valence-electron chi connectivity index (χ3n) is 4.22. The van der Waals surface area contributed by atoms with Crippen molar-refractivity contribution in [1.82, 2.24) is 10.2 Å². The van der Waals surface area contributed by atoms with E-state index in [9.17, 15) is 0 Å². The van der Waals surface area contributed by atoms with Gasteiger partial charge in [-0.15, -0.1) is 0 Å². The molecule has 20 heavy (non-hydrogen) atoms. The van der Waals surface area contributed by atoms with E-state index in [1.54, 1.807) is 0 Å². The Morgan fingerprint density at radius 1 is 1.30 bits per heavy atom. The lowest BCUT2D eigenvalue weighted by molar-refractivity contribution is 0.172. The predicted octanol–water partition coefficient (Wildman–Crippen LogP) is 3.08. The molecule has 112 valence electrons. The number of benzene rings is 1. The Morgan fingerprint density at radius 3 is 2.70 bits per heavy atom. The topological polar surface area (TPSA) is 24.5 Å². The van der Waals surface area contributed by atoms with E-state index >= 15 is 0 Å². The molecule has 3 unspecified atom stereocenters. The molecule has 0 saturated heterocycles. The zero-order valence-electron chi connectivity index (χ0n) is 13.2. The monoisotopic (exact) mass is 276 g/mol. The number of fused-ring (bicyclic) bond motifs is 1. The third-order valence-corrected chi connectivity index (χ3v) is 4.22. The van der Waals surface area contributed by atoms with Gasteiger partial charge in [-0.3, -0.25) is 0 Å². The largest absolute Gasteiger partial charge is 0.493 e. The number of para-hydroxylation sites is 1. The number of ether oxygens (including phenoxy) is 1. The van der Waals surface area contributed by atoms with E-state index < -0.39 is 0 Å². The summed E-state index contributed by atoms with van der Waals surface area (Å²) in [5.74, 6) is 1.54. The van der Waals surface area contributed by atoms with Gasteiger partial charge in [0.2, 0.25) is 0 Å². The summed E-state index contributed by atoms with van der Waals surface area (Å²) in [7, 11) is 0. The van der Waals surface area contributed by atoms with Crippen molar-refractivity contribution < 1.29 is 4.74 Å². The number of rotatable bonds is 6. The SMILES string of the molecule is CCN(CC)CC(C)NC1c2ccccc2OCC1C. The molecule has 0 spiro atoms. The van der Waals surface area contributed by atoms with Crippen LogP contribution in [0.5, 0.6) is 5.75 Å². The first-order chi connectivity index (χ1) is 9.65. The van der Waals surface area contributed by atoms with Crippen LogP contribution >= 0.6 is 0 Å². The molecular formula is C17H28N2O. The van der Waals surface area contributed by atoms with Crippen LogP contribution in [0.25, 0.3) is 0 Å². The van der Waals surface area contributed by atoms with Gasteiger partial charge in [0, 0.05) is 30.1 Å². The Morgan fingerprint density at radius 2 is 2.00 bits per heavy atom. The summed E-state index contributed by atoms with van der Waals surface area (Å²) in [6, 6.07) is 9.28. The number of nitrogens with one attached hydrogen (secondary N) is 1. The number of hydrogen-bond acceptors (Lipinski definition) is 3. The van der Waals surface area contributed by atoms with Crippen LogP contribution < -0.4 is 10.1 Å². The van der Waals surface area contributed by atoms with Gasteiger partial charge in [-0.05, 0) is 26.1 Å². The molecule has 0 aliphatic carbocycles. The second kappa shape index (κ2) is 7.09. The van der Waals surface area contributed by atoms with Crippen LogP contribution in [0, 0.1) is 5.92 Å². The standard InChI is InChI=1S/C17H28N2O/c1-5-19(6-2)11-14(4)18-17-13(3)12-20-16-10-8-7-9-15(16)17/h7-10,13-14,17-18H,5-6,11-12H2,1-4H3. The van der Waals surface area contributed by atoms with Gasteiger partial charge in [0.15, 0.2) is 0 Å². The van der Waals surface area contributed by atoms with Crippen LogP contribution in [-0.4, -0.2) is 37.2 Å². The van der Waals surface area contributed by atoms with E-state index in [-0.39, 0.29) is 0 Å². The maximum Gasteiger partial charge on any atom is 0.124 e. The molecule has 1 aromatic rings. The lowest BCUT2D eigenvalue weighted by atomic mass is 9.91. The second-order valence-corrected chi connectivity index (χ2v) is 5.86. The van der Waals surface area contributed by atoms with Crippen molar-refractivity contribution in [2.75, 3.05) is 26.2 Å². The molecule has 0 aromatic heterocycles. The molecule has 1 aliphatic heterocycles. The first kappa shape index (κ1) is 15.3. The van der Waals surface area contributed by atoms with Crippen molar-refractivity contribution in [3.63, 3.8) is 0 Å². The van der Waals surface area contributed by atoms with Gasteiger partial charge in [0.05, 0.1) is 6.61 Å². The summed E-state index contributed by atoms with van der Waals surface area (Å²) in [4.78, 5) is 2.47. The van der Waals surface area contributed by atoms with Crippen molar-refractivity contribution in [1.29, 1.82) is 0 Å². The molecule has 3 nitrogen and oxygen atoms in total. The number of nitrogens with zero attached hydrogens (tertiary/aromatic N) is 1. The van der Waals surface area contributed by atoms with Crippen molar-refractivity contribution in [3.05, 3.63) is 29.8 Å². The summed E-state index contributed by atoms with van der Waals surface area (Å²) in [5.41, 5.74) is 1.30. The zero-order valence-corrected chi connectivity index (χ0v) is 13.2. The second-order valence-electron chi connectivity index (χ2n) is 5.86. The molecule has 0 radical (unpaired) electrons. The molecule has 0 amide bonds. The highest BCUT2D eigenvalue weighted by molar-refractivity contribution is 5.38. The van der Waals surface area contributed by atoms with Crippen LogP contribution in [-0.2, 0) is 0 Å². The first-order valence-electron chi connectivity index (χ1n) is 7.85. The Bertz CT molecular complexity index is 417. The molecule has 2 rings (SSSR count). The van der Waals surface area contributed by atoms with E-state index in [4.69, 9.17) is 4.74 Å². The molecule has 1 aromatic carbocycles. The third kappa shape index (κ3) is 3.53. The lowest BCUT2D eigenvalue weighted by Crippen LogP contribution is -2.44. The fourth-order valence-corrected chi connectivity index (χ4v) is 2.98. The van der Waals surface area contributed by atoms with Gasteiger partial charge in [0.1, 0.15) is 5.75 Å². The lowest BCUT2D eigenvalue weighted by Gasteiger charge is -2.35. The molecule has 3 atom stereocenters. The van der Waals surface area contributed by atoms with Crippen LogP contribution in [0.3, 0.4) is 0 Å². The zero-order chi connectivity index (χ0) is 14.5. The van der Waals surface area contributed by atoms with Crippen LogP contribution in [0.1, 0.15) is 39.3 Å². The van der Waals surface area contributed by atoms with Gasteiger partial charge in [-0.2, -0.15) is 0 Å². The molecule has 0 bridgehead atoms. The maximum absolute atomic E-state index is 5.82. The number of likely N-dealkylation sites (N-methyl/N-ethyl adjacent to an activating group) is 1. The summed E-state index contributed by atoms with van der Waals surface area (Å²) in [5, 5.41) is 3.80. The minimum Gasteiger partial charge on any atom is -0.493 e. The first-order valence-corrected chi connectivity index (χ1v) is 7.85. The Hall–Kier alpha value is -1.06. The molecule has 1 N–H and O–H groups in total. The fraction of sp³-hybridized carbons (Fsp3) is 0.647.